The molecule has 0 spiro atoms. The average molecular weight is 319 g/mol. The van der Waals surface area contributed by atoms with E-state index < -0.39 is 39.0 Å². The Balaban J connectivity index is 2.45. The van der Waals surface area contributed by atoms with Gasteiger partial charge < -0.3 is 0 Å². The highest BCUT2D eigenvalue weighted by Gasteiger charge is 2.21. The summed E-state index contributed by atoms with van der Waals surface area (Å²) in [6.45, 7) is 1.35. The minimum Gasteiger partial charge on any atom is -0.277 e. The molecule has 8 heteroatoms. The third-order valence-corrected chi connectivity index (χ3v) is 4.23. The number of halogens is 4. The van der Waals surface area contributed by atoms with Crippen LogP contribution in [0.3, 0.4) is 0 Å². The standard InChI is InChI=1S/C13H9F4NO2S/c1-7-6-8(14)2-5-11(7)21(19,20)18-10-4-3-9(15)12(16)13(10)17/h2-6,18H,1H3. The number of sulfonamides is 1. The Morgan fingerprint density at radius 2 is 1.62 bits per heavy atom. The molecule has 112 valence electrons. The topological polar surface area (TPSA) is 46.2 Å². The van der Waals surface area contributed by atoms with Crippen molar-refractivity contribution in [2.75, 3.05) is 4.72 Å². The predicted molar refractivity (Wildman–Crippen MR) is 68.3 cm³/mol. The lowest BCUT2D eigenvalue weighted by molar-refractivity contribution is 0.449. The molecule has 0 bridgehead atoms. The third kappa shape index (κ3) is 2.99. The molecule has 0 fully saturated rings. The maximum absolute atomic E-state index is 13.5. The summed E-state index contributed by atoms with van der Waals surface area (Å²) in [7, 11) is -4.26. The lowest BCUT2D eigenvalue weighted by Gasteiger charge is -2.11. The second kappa shape index (κ2) is 5.36. The molecule has 2 aromatic carbocycles. The summed E-state index contributed by atoms with van der Waals surface area (Å²) in [5, 5.41) is 0. The van der Waals surface area contributed by atoms with Gasteiger partial charge in [0.25, 0.3) is 10.0 Å². The van der Waals surface area contributed by atoms with Gasteiger partial charge in [0.1, 0.15) is 5.82 Å². The fourth-order valence-corrected chi connectivity index (χ4v) is 3.01. The van der Waals surface area contributed by atoms with Crippen molar-refractivity contribution in [1.29, 1.82) is 0 Å². The summed E-state index contributed by atoms with van der Waals surface area (Å²) in [5.74, 6) is -5.51. The van der Waals surface area contributed by atoms with Crippen molar-refractivity contribution in [2.24, 2.45) is 0 Å². The van der Waals surface area contributed by atoms with E-state index in [-0.39, 0.29) is 10.5 Å². The van der Waals surface area contributed by atoms with Gasteiger partial charge in [0, 0.05) is 0 Å². The van der Waals surface area contributed by atoms with E-state index in [1.165, 1.54) is 6.92 Å². The van der Waals surface area contributed by atoms with Crippen molar-refractivity contribution in [3.05, 3.63) is 59.2 Å². The largest absolute Gasteiger partial charge is 0.277 e. The van der Waals surface area contributed by atoms with Gasteiger partial charge in [-0.15, -0.1) is 0 Å². The van der Waals surface area contributed by atoms with Crippen molar-refractivity contribution in [3.63, 3.8) is 0 Å². The number of aryl methyl sites for hydroxylation is 1. The molecule has 0 saturated carbocycles. The van der Waals surface area contributed by atoms with Gasteiger partial charge in [0.05, 0.1) is 10.6 Å². The SMILES string of the molecule is Cc1cc(F)ccc1S(=O)(=O)Nc1ccc(F)c(F)c1F. The first kappa shape index (κ1) is 15.3. The van der Waals surface area contributed by atoms with E-state index in [4.69, 9.17) is 0 Å². The van der Waals surface area contributed by atoms with Gasteiger partial charge in [0.2, 0.25) is 0 Å². The van der Waals surface area contributed by atoms with Crippen LogP contribution in [0.5, 0.6) is 0 Å². The molecule has 2 aromatic rings. The van der Waals surface area contributed by atoms with E-state index in [1.807, 2.05) is 0 Å². The predicted octanol–water partition coefficient (Wildman–Crippen LogP) is 3.35. The van der Waals surface area contributed by atoms with Gasteiger partial charge in [-0.25, -0.2) is 26.0 Å². The molecule has 0 aliphatic heterocycles. The fourth-order valence-electron chi connectivity index (χ4n) is 1.72. The zero-order valence-corrected chi connectivity index (χ0v) is 11.4. The Morgan fingerprint density at radius 1 is 0.952 bits per heavy atom. The minimum atomic E-state index is -4.26. The summed E-state index contributed by atoms with van der Waals surface area (Å²) in [6, 6.07) is 4.24. The van der Waals surface area contributed by atoms with Crippen LogP contribution in [0, 0.1) is 30.2 Å². The quantitative estimate of drug-likeness (QED) is 0.696. The monoisotopic (exact) mass is 319 g/mol. The van der Waals surface area contributed by atoms with Crippen LogP contribution >= 0.6 is 0 Å². The highest BCUT2D eigenvalue weighted by atomic mass is 32.2. The zero-order valence-electron chi connectivity index (χ0n) is 10.6. The summed E-state index contributed by atoms with van der Waals surface area (Å²) in [5.41, 5.74) is -0.650. The molecule has 0 aromatic heterocycles. The second-order valence-electron chi connectivity index (χ2n) is 4.24. The average Bonchev–Trinajstić information content (AvgIpc) is 2.39. The highest BCUT2D eigenvalue weighted by molar-refractivity contribution is 7.92. The van der Waals surface area contributed by atoms with Crippen LogP contribution in [0.15, 0.2) is 35.2 Å². The van der Waals surface area contributed by atoms with E-state index >= 15 is 0 Å². The summed E-state index contributed by atoms with van der Waals surface area (Å²) in [4.78, 5) is -0.298. The smallest absolute Gasteiger partial charge is 0.262 e. The molecule has 0 aliphatic rings. The number of benzene rings is 2. The molecule has 21 heavy (non-hydrogen) atoms. The molecule has 3 nitrogen and oxygen atoms in total. The fraction of sp³-hybridized carbons (Fsp3) is 0.0769. The normalized spacial score (nSPS) is 11.5. The lowest BCUT2D eigenvalue weighted by atomic mass is 10.2. The molecule has 1 N–H and O–H groups in total. The van der Waals surface area contributed by atoms with Gasteiger partial charge >= 0.3 is 0 Å². The minimum absolute atomic E-state index is 0.0884. The van der Waals surface area contributed by atoms with E-state index in [0.29, 0.717) is 6.07 Å². The van der Waals surface area contributed by atoms with Gasteiger partial charge in [0.15, 0.2) is 17.5 Å². The van der Waals surface area contributed by atoms with Crippen LogP contribution in [0.4, 0.5) is 23.2 Å². The van der Waals surface area contributed by atoms with Crippen LogP contribution in [-0.4, -0.2) is 8.42 Å². The van der Waals surface area contributed by atoms with Gasteiger partial charge in [-0.05, 0) is 42.8 Å². The van der Waals surface area contributed by atoms with Gasteiger partial charge in [-0.2, -0.15) is 0 Å². The Kier molecular flexibility index (Phi) is 3.91. The maximum atomic E-state index is 13.5. The van der Waals surface area contributed by atoms with Crippen LogP contribution in [-0.2, 0) is 10.0 Å². The van der Waals surface area contributed by atoms with Crippen molar-refractivity contribution in [1.82, 2.24) is 0 Å². The Morgan fingerprint density at radius 3 is 2.24 bits per heavy atom. The summed E-state index contributed by atoms with van der Waals surface area (Å²) >= 11 is 0. The van der Waals surface area contributed by atoms with Gasteiger partial charge in [-0.1, -0.05) is 0 Å². The van der Waals surface area contributed by atoms with Crippen LogP contribution in [0.2, 0.25) is 0 Å². The molecule has 0 radical (unpaired) electrons. The molecule has 0 amide bonds. The summed E-state index contributed by atoms with van der Waals surface area (Å²) < 4.78 is 78.2. The molecule has 0 aliphatic carbocycles. The first-order chi connectivity index (χ1) is 9.72. The first-order valence-electron chi connectivity index (χ1n) is 5.65. The number of anilines is 1. The van der Waals surface area contributed by atoms with Crippen LogP contribution in [0.1, 0.15) is 5.56 Å². The van der Waals surface area contributed by atoms with Crippen molar-refractivity contribution in [3.8, 4) is 0 Å². The van der Waals surface area contributed by atoms with Gasteiger partial charge in [-0.3, -0.25) is 4.72 Å². The van der Waals surface area contributed by atoms with Crippen LogP contribution < -0.4 is 4.72 Å². The van der Waals surface area contributed by atoms with Crippen molar-refractivity contribution >= 4 is 15.7 Å². The van der Waals surface area contributed by atoms with E-state index in [2.05, 4.69) is 0 Å². The maximum Gasteiger partial charge on any atom is 0.262 e. The first-order valence-corrected chi connectivity index (χ1v) is 7.13. The highest BCUT2D eigenvalue weighted by Crippen LogP contribution is 2.24. The molecule has 0 atom stereocenters. The number of hydrogen-bond acceptors (Lipinski definition) is 2. The second-order valence-corrected chi connectivity index (χ2v) is 5.89. The van der Waals surface area contributed by atoms with E-state index in [9.17, 15) is 26.0 Å². The lowest BCUT2D eigenvalue weighted by Crippen LogP contribution is -2.16. The Hall–Kier alpha value is -2.09. The van der Waals surface area contributed by atoms with E-state index in [0.717, 1.165) is 24.3 Å². The van der Waals surface area contributed by atoms with Crippen molar-refractivity contribution < 1.29 is 26.0 Å². The molecular weight excluding hydrogens is 310 g/mol. The van der Waals surface area contributed by atoms with Crippen molar-refractivity contribution in [2.45, 2.75) is 11.8 Å². The molecule has 0 unspecified atom stereocenters. The third-order valence-electron chi connectivity index (χ3n) is 2.71. The number of nitrogens with one attached hydrogen (secondary N) is 1. The number of rotatable bonds is 3. The molecular formula is C13H9F4NO2S. The molecule has 2 rings (SSSR count). The molecule has 0 saturated heterocycles. The Bertz CT molecular complexity index is 806. The number of hydrogen-bond donors (Lipinski definition) is 1. The Labute approximate surface area is 118 Å². The molecule has 0 heterocycles. The zero-order chi connectivity index (χ0) is 15.8. The van der Waals surface area contributed by atoms with E-state index in [1.54, 1.807) is 4.72 Å². The van der Waals surface area contributed by atoms with Crippen LogP contribution in [0.25, 0.3) is 0 Å². The summed E-state index contributed by atoms with van der Waals surface area (Å²) in [6.07, 6.45) is 0.